The Balaban J connectivity index is 2.13. The van der Waals surface area contributed by atoms with Gasteiger partial charge in [-0.1, -0.05) is 37.3 Å². The van der Waals surface area contributed by atoms with E-state index in [1.165, 1.54) is 0 Å². The number of carboxylic acids is 1. The summed E-state index contributed by atoms with van der Waals surface area (Å²) in [6.45, 7) is 5.42. The Morgan fingerprint density at radius 2 is 2.05 bits per heavy atom. The smallest absolute Gasteiger partial charge is 0.310 e. The van der Waals surface area contributed by atoms with Crippen LogP contribution in [0.2, 0.25) is 0 Å². The average molecular weight is 293 g/mol. The van der Waals surface area contributed by atoms with E-state index in [0.29, 0.717) is 19.7 Å². The molecule has 21 heavy (non-hydrogen) atoms. The van der Waals surface area contributed by atoms with Crippen LogP contribution in [0, 0.1) is 5.92 Å². The summed E-state index contributed by atoms with van der Waals surface area (Å²) in [5.74, 6) is -1.37. The summed E-state index contributed by atoms with van der Waals surface area (Å²) >= 11 is 0. The summed E-state index contributed by atoms with van der Waals surface area (Å²) < 4.78 is 5.33. The predicted molar refractivity (Wildman–Crippen MR) is 79.0 cm³/mol. The number of carbonyl (C=O) groups is 1. The van der Waals surface area contributed by atoms with Crippen LogP contribution in [-0.4, -0.2) is 53.4 Å². The maximum Gasteiger partial charge on any atom is 0.310 e. The van der Waals surface area contributed by atoms with Crippen LogP contribution in [0.5, 0.6) is 0 Å². The van der Waals surface area contributed by atoms with Crippen molar-refractivity contribution in [3.05, 3.63) is 35.9 Å². The molecule has 1 fully saturated rings. The minimum atomic E-state index is -1.02. The molecule has 5 heteroatoms. The van der Waals surface area contributed by atoms with E-state index in [-0.39, 0.29) is 12.6 Å². The lowest BCUT2D eigenvalue weighted by Gasteiger charge is -2.35. The van der Waals surface area contributed by atoms with Gasteiger partial charge in [-0.05, 0) is 19.0 Å². The van der Waals surface area contributed by atoms with Crippen molar-refractivity contribution in [3.8, 4) is 0 Å². The molecule has 3 atom stereocenters. The summed E-state index contributed by atoms with van der Waals surface area (Å²) in [7, 11) is 0. The Morgan fingerprint density at radius 1 is 1.38 bits per heavy atom. The highest BCUT2D eigenvalue weighted by Gasteiger charge is 2.39. The second-order valence-electron chi connectivity index (χ2n) is 5.75. The molecule has 5 nitrogen and oxygen atoms in total. The van der Waals surface area contributed by atoms with Gasteiger partial charge in [0.25, 0.3) is 0 Å². The molecule has 3 unspecified atom stereocenters. The maximum atomic E-state index is 11.3. The highest BCUT2D eigenvalue weighted by atomic mass is 16.5. The Kier molecular flexibility index (Phi) is 4.98. The highest BCUT2D eigenvalue weighted by molar-refractivity contribution is 5.71. The quantitative estimate of drug-likeness (QED) is 0.828. The number of ether oxygens (including phenoxy) is 1. The average Bonchev–Trinajstić information content (AvgIpc) is 2.95. The summed E-state index contributed by atoms with van der Waals surface area (Å²) in [5, 5.41) is 20.0. The fourth-order valence-electron chi connectivity index (χ4n) is 2.89. The van der Waals surface area contributed by atoms with Gasteiger partial charge in [-0.25, -0.2) is 0 Å². The number of aliphatic hydroxyl groups is 1. The molecule has 1 aromatic carbocycles. The molecule has 1 aliphatic rings. The monoisotopic (exact) mass is 293 g/mol. The van der Waals surface area contributed by atoms with Gasteiger partial charge in [0.2, 0.25) is 0 Å². The first kappa shape index (κ1) is 15.9. The first-order valence-corrected chi connectivity index (χ1v) is 7.28. The van der Waals surface area contributed by atoms with Gasteiger partial charge in [0, 0.05) is 12.6 Å². The zero-order chi connectivity index (χ0) is 15.5. The molecule has 1 saturated heterocycles. The summed E-state index contributed by atoms with van der Waals surface area (Å²) in [6.07, 6.45) is 0. The van der Waals surface area contributed by atoms with E-state index < -0.39 is 17.5 Å². The molecular weight excluding hydrogens is 270 g/mol. The molecular formula is C16H23NO4. The Morgan fingerprint density at radius 3 is 2.62 bits per heavy atom. The number of carboxylic acid groups (broad SMARTS) is 1. The number of benzene rings is 1. The number of hydrogen-bond acceptors (Lipinski definition) is 4. The van der Waals surface area contributed by atoms with E-state index in [1.807, 2.05) is 42.2 Å². The van der Waals surface area contributed by atoms with E-state index in [1.54, 1.807) is 6.92 Å². The van der Waals surface area contributed by atoms with Crippen LogP contribution < -0.4 is 0 Å². The second-order valence-corrected chi connectivity index (χ2v) is 5.75. The van der Waals surface area contributed by atoms with E-state index in [0.717, 1.165) is 5.56 Å². The molecule has 0 amide bonds. The molecule has 2 rings (SSSR count). The van der Waals surface area contributed by atoms with Gasteiger partial charge in [0.05, 0.1) is 24.7 Å². The van der Waals surface area contributed by atoms with Gasteiger partial charge in [-0.2, -0.15) is 0 Å². The van der Waals surface area contributed by atoms with Gasteiger partial charge in [-0.3, -0.25) is 9.69 Å². The number of aliphatic carboxylic acids is 1. The lowest BCUT2D eigenvalue weighted by atomic mass is 9.93. The van der Waals surface area contributed by atoms with Crippen LogP contribution in [0.25, 0.3) is 0 Å². The molecule has 0 aliphatic carbocycles. The summed E-state index contributed by atoms with van der Waals surface area (Å²) in [5.41, 5.74) is -0.197. The minimum Gasteiger partial charge on any atom is -0.481 e. The molecule has 116 valence electrons. The molecule has 1 aliphatic heterocycles. The first-order chi connectivity index (χ1) is 9.95. The van der Waals surface area contributed by atoms with E-state index in [2.05, 4.69) is 0 Å². The number of likely N-dealkylation sites (N-methyl/N-ethyl adjacent to an activating group) is 1. The molecule has 0 aromatic heterocycles. The van der Waals surface area contributed by atoms with Crippen molar-refractivity contribution in [2.45, 2.75) is 25.5 Å². The lowest BCUT2D eigenvalue weighted by molar-refractivity contribution is -0.143. The molecule has 2 N–H and O–H groups in total. The number of hydrogen-bond donors (Lipinski definition) is 2. The van der Waals surface area contributed by atoms with E-state index in [4.69, 9.17) is 4.74 Å². The third kappa shape index (κ3) is 3.61. The second kappa shape index (κ2) is 6.56. The lowest BCUT2D eigenvalue weighted by Crippen LogP contribution is -2.48. The van der Waals surface area contributed by atoms with Gasteiger partial charge < -0.3 is 14.9 Å². The molecule has 0 saturated carbocycles. The summed E-state index contributed by atoms with van der Waals surface area (Å²) in [6, 6.07) is 9.25. The number of nitrogens with zero attached hydrogens (tertiary/aromatic N) is 1. The SMILES string of the molecule is CCN(CC(C)(O)c1ccccc1)C1COCC1C(=O)O. The van der Waals surface area contributed by atoms with Crippen molar-refractivity contribution >= 4 is 5.97 Å². The highest BCUT2D eigenvalue weighted by Crippen LogP contribution is 2.26. The Hall–Kier alpha value is -1.43. The molecule has 0 bridgehead atoms. The van der Waals surface area contributed by atoms with Gasteiger partial charge in [0.1, 0.15) is 0 Å². The fraction of sp³-hybridized carbons (Fsp3) is 0.562. The normalized spacial score (nSPS) is 25.0. The van der Waals surface area contributed by atoms with Gasteiger partial charge >= 0.3 is 5.97 Å². The van der Waals surface area contributed by atoms with Crippen LogP contribution in [0.1, 0.15) is 19.4 Å². The van der Waals surface area contributed by atoms with Crippen molar-refractivity contribution < 1.29 is 19.7 Å². The topological polar surface area (TPSA) is 70.0 Å². The standard InChI is InChI=1S/C16H23NO4/c1-3-17(14-10-21-9-13(14)15(18)19)11-16(2,20)12-7-5-4-6-8-12/h4-8,13-14,20H,3,9-11H2,1-2H3,(H,18,19). The number of rotatable bonds is 6. The van der Waals surface area contributed by atoms with Crippen LogP contribution in [0.4, 0.5) is 0 Å². The van der Waals surface area contributed by atoms with Gasteiger partial charge in [-0.15, -0.1) is 0 Å². The zero-order valence-corrected chi connectivity index (χ0v) is 12.5. The van der Waals surface area contributed by atoms with Crippen molar-refractivity contribution in [1.82, 2.24) is 4.90 Å². The van der Waals surface area contributed by atoms with E-state index in [9.17, 15) is 15.0 Å². The van der Waals surface area contributed by atoms with Crippen molar-refractivity contribution in [2.24, 2.45) is 5.92 Å². The minimum absolute atomic E-state index is 0.192. The third-order valence-corrected chi connectivity index (χ3v) is 4.15. The maximum absolute atomic E-state index is 11.3. The Labute approximate surface area is 125 Å². The molecule has 0 spiro atoms. The van der Waals surface area contributed by atoms with Gasteiger partial charge in [0.15, 0.2) is 0 Å². The largest absolute Gasteiger partial charge is 0.481 e. The van der Waals surface area contributed by atoms with Crippen molar-refractivity contribution in [1.29, 1.82) is 0 Å². The zero-order valence-electron chi connectivity index (χ0n) is 12.5. The van der Waals surface area contributed by atoms with Crippen LogP contribution >= 0.6 is 0 Å². The summed E-state index contributed by atoms with van der Waals surface area (Å²) in [4.78, 5) is 13.3. The molecule has 1 aromatic rings. The molecule has 1 heterocycles. The van der Waals surface area contributed by atoms with Crippen LogP contribution in [0.15, 0.2) is 30.3 Å². The van der Waals surface area contributed by atoms with Crippen LogP contribution in [0.3, 0.4) is 0 Å². The van der Waals surface area contributed by atoms with Crippen LogP contribution in [-0.2, 0) is 15.1 Å². The van der Waals surface area contributed by atoms with E-state index >= 15 is 0 Å². The van der Waals surface area contributed by atoms with Crippen molar-refractivity contribution in [3.63, 3.8) is 0 Å². The Bertz CT molecular complexity index is 474. The van der Waals surface area contributed by atoms with Crippen molar-refractivity contribution in [2.75, 3.05) is 26.3 Å². The fourth-order valence-corrected chi connectivity index (χ4v) is 2.89. The first-order valence-electron chi connectivity index (χ1n) is 7.28. The third-order valence-electron chi connectivity index (χ3n) is 4.15. The predicted octanol–water partition coefficient (Wildman–Crippen LogP) is 1.32. The molecule has 0 radical (unpaired) electrons.